The van der Waals surface area contributed by atoms with Crippen molar-refractivity contribution >= 4 is 5.78 Å². The Kier molecular flexibility index (Phi) is 5.67. The number of hydrogen-bond donors (Lipinski definition) is 1. The first kappa shape index (κ1) is 22.1. The van der Waals surface area contributed by atoms with E-state index in [4.69, 9.17) is 9.47 Å². The van der Waals surface area contributed by atoms with E-state index in [1.807, 2.05) is 13.2 Å². The molecule has 4 saturated carbocycles. The summed E-state index contributed by atoms with van der Waals surface area (Å²) in [6, 6.07) is 0. The number of fused-ring (bicyclic) bond motifs is 5. The highest BCUT2D eigenvalue weighted by Gasteiger charge is 2.62. The van der Waals surface area contributed by atoms with E-state index in [1.54, 1.807) is 0 Å². The molecule has 4 nitrogen and oxygen atoms in total. The topological polar surface area (TPSA) is 55.8 Å². The highest BCUT2D eigenvalue weighted by atomic mass is 16.7. The fourth-order valence-corrected chi connectivity index (χ4v) is 8.90. The van der Waals surface area contributed by atoms with Crippen molar-refractivity contribution in [2.75, 3.05) is 13.7 Å². The molecule has 174 valence electrons. The number of aliphatic hydroxyl groups is 1. The van der Waals surface area contributed by atoms with Gasteiger partial charge in [-0.15, -0.1) is 0 Å². The van der Waals surface area contributed by atoms with Gasteiger partial charge in [-0.05, 0) is 86.5 Å². The van der Waals surface area contributed by atoms with Crippen LogP contribution in [-0.2, 0) is 14.3 Å². The lowest BCUT2D eigenvalue weighted by Gasteiger charge is -2.60. The largest absolute Gasteiger partial charge is 0.395 e. The second kappa shape index (κ2) is 7.95. The Morgan fingerprint density at radius 3 is 2.55 bits per heavy atom. The molecule has 4 fully saturated rings. The number of aliphatic hydroxyl groups excluding tert-OH is 1. The van der Waals surface area contributed by atoms with Gasteiger partial charge in [0.2, 0.25) is 0 Å². The molecule has 0 heterocycles. The molecule has 0 aromatic carbocycles. The Bertz CT molecular complexity index is 738. The van der Waals surface area contributed by atoms with Gasteiger partial charge in [-0.3, -0.25) is 4.79 Å². The number of carbonyl (C=O) groups excluding carboxylic acids is 1. The Morgan fingerprint density at radius 2 is 1.84 bits per heavy atom. The number of ketones is 1. The van der Waals surface area contributed by atoms with E-state index in [2.05, 4.69) is 13.8 Å². The van der Waals surface area contributed by atoms with Crippen LogP contribution in [-0.4, -0.2) is 36.5 Å². The molecule has 1 N–H and O–H groups in total. The lowest BCUT2D eigenvalue weighted by atomic mass is 9.45. The summed E-state index contributed by atoms with van der Waals surface area (Å²) in [6.45, 7) is 4.99. The zero-order chi connectivity index (χ0) is 21.9. The Labute approximate surface area is 188 Å². The van der Waals surface area contributed by atoms with Crippen LogP contribution in [0.1, 0.15) is 90.9 Å². The van der Waals surface area contributed by atoms with Gasteiger partial charge in [0.15, 0.2) is 11.6 Å². The zero-order valence-electron chi connectivity index (χ0n) is 19.8. The van der Waals surface area contributed by atoms with Crippen molar-refractivity contribution in [3.05, 3.63) is 11.6 Å². The Hall–Kier alpha value is -0.710. The zero-order valence-corrected chi connectivity index (χ0v) is 19.8. The van der Waals surface area contributed by atoms with Crippen LogP contribution in [0.25, 0.3) is 0 Å². The van der Waals surface area contributed by atoms with Crippen LogP contribution in [0.2, 0.25) is 0 Å². The van der Waals surface area contributed by atoms with Gasteiger partial charge >= 0.3 is 0 Å². The standard InChI is InChI=1S/C27H42O4/c1-18-15-20-21-7-8-24(31-27(30-3)11-5-4-6-12-27)25(21,2)13-10-22(20)26(17-28)14-9-19(29)16-23(18)26/h16,18,20-22,24,28H,4-15,17H2,1-3H3/t18?,20-,21-,22+,24?,25-,26-/m0/s1. The fourth-order valence-electron chi connectivity index (χ4n) is 8.90. The van der Waals surface area contributed by atoms with Gasteiger partial charge in [0.25, 0.3) is 0 Å². The number of methoxy groups -OCH3 is 1. The van der Waals surface area contributed by atoms with Gasteiger partial charge in [0.1, 0.15) is 0 Å². The van der Waals surface area contributed by atoms with Crippen LogP contribution in [0.4, 0.5) is 0 Å². The summed E-state index contributed by atoms with van der Waals surface area (Å²) in [5.74, 6) is 2.07. The van der Waals surface area contributed by atoms with Crippen LogP contribution in [0.15, 0.2) is 11.6 Å². The van der Waals surface area contributed by atoms with Gasteiger partial charge in [0, 0.05) is 31.8 Å². The molecule has 0 bridgehead atoms. The van der Waals surface area contributed by atoms with Crippen LogP contribution < -0.4 is 0 Å². The normalized spacial score (nSPS) is 46.6. The molecule has 0 aromatic heterocycles. The van der Waals surface area contributed by atoms with Gasteiger partial charge in [-0.25, -0.2) is 0 Å². The summed E-state index contributed by atoms with van der Waals surface area (Å²) in [4.78, 5) is 12.2. The number of hydrogen-bond acceptors (Lipinski definition) is 4. The average Bonchev–Trinajstić information content (AvgIpc) is 3.11. The van der Waals surface area contributed by atoms with Crippen LogP contribution >= 0.6 is 0 Å². The number of rotatable bonds is 4. The monoisotopic (exact) mass is 430 g/mol. The quantitative estimate of drug-likeness (QED) is 0.604. The lowest BCUT2D eigenvalue weighted by molar-refractivity contribution is -0.280. The first-order chi connectivity index (χ1) is 14.9. The summed E-state index contributed by atoms with van der Waals surface area (Å²) in [7, 11) is 1.84. The van der Waals surface area contributed by atoms with E-state index in [-0.39, 0.29) is 35.1 Å². The van der Waals surface area contributed by atoms with Crippen molar-refractivity contribution in [2.45, 2.75) is 103 Å². The molecule has 4 heteroatoms. The minimum Gasteiger partial charge on any atom is -0.395 e. The molecule has 5 rings (SSSR count). The summed E-state index contributed by atoms with van der Waals surface area (Å²) < 4.78 is 12.9. The highest BCUT2D eigenvalue weighted by molar-refractivity contribution is 5.91. The predicted molar refractivity (Wildman–Crippen MR) is 120 cm³/mol. The predicted octanol–water partition coefficient (Wildman–Crippen LogP) is 5.43. The Balaban J connectivity index is 1.42. The van der Waals surface area contributed by atoms with Gasteiger partial charge in [0.05, 0.1) is 12.7 Å². The number of ether oxygens (including phenoxy) is 2. The van der Waals surface area contributed by atoms with E-state index >= 15 is 0 Å². The average molecular weight is 431 g/mol. The molecule has 7 atom stereocenters. The maximum absolute atomic E-state index is 12.2. The van der Waals surface area contributed by atoms with E-state index in [0.717, 1.165) is 38.5 Å². The lowest BCUT2D eigenvalue weighted by Crippen LogP contribution is -2.56. The van der Waals surface area contributed by atoms with Crippen molar-refractivity contribution in [3.63, 3.8) is 0 Å². The van der Waals surface area contributed by atoms with E-state index in [0.29, 0.717) is 30.1 Å². The molecular weight excluding hydrogens is 388 g/mol. The minimum absolute atomic E-state index is 0.159. The van der Waals surface area contributed by atoms with E-state index < -0.39 is 0 Å². The second-order valence-electron chi connectivity index (χ2n) is 11.8. The van der Waals surface area contributed by atoms with Crippen molar-refractivity contribution in [2.24, 2.45) is 34.5 Å². The highest BCUT2D eigenvalue weighted by Crippen LogP contribution is 2.67. The van der Waals surface area contributed by atoms with Crippen molar-refractivity contribution in [1.82, 2.24) is 0 Å². The maximum Gasteiger partial charge on any atom is 0.168 e. The summed E-state index contributed by atoms with van der Waals surface area (Å²) in [6.07, 6.45) is 15.2. The summed E-state index contributed by atoms with van der Waals surface area (Å²) in [5, 5.41) is 10.7. The molecule has 0 amide bonds. The third kappa shape index (κ3) is 3.30. The van der Waals surface area contributed by atoms with E-state index in [9.17, 15) is 9.90 Å². The maximum atomic E-state index is 12.2. The van der Waals surface area contributed by atoms with E-state index in [1.165, 1.54) is 37.7 Å². The van der Waals surface area contributed by atoms with Gasteiger partial charge < -0.3 is 14.6 Å². The van der Waals surface area contributed by atoms with Gasteiger partial charge in [-0.2, -0.15) is 0 Å². The molecule has 5 aliphatic rings. The van der Waals surface area contributed by atoms with Crippen LogP contribution in [0, 0.1) is 34.5 Å². The fraction of sp³-hybridized carbons (Fsp3) is 0.889. The molecular formula is C27H42O4. The minimum atomic E-state index is -0.372. The Morgan fingerprint density at radius 1 is 1.06 bits per heavy atom. The smallest absolute Gasteiger partial charge is 0.168 e. The van der Waals surface area contributed by atoms with Gasteiger partial charge in [-0.1, -0.05) is 25.8 Å². The molecule has 0 spiro atoms. The van der Waals surface area contributed by atoms with Crippen molar-refractivity contribution in [1.29, 1.82) is 0 Å². The first-order valence-corrected chi connectivity index (χ1v) is 13.0. The molecule has 2 unspecified atom stereocenters. The molecule has 0 aromatic rings. The molecule has 0 radical (unpaired) electrons. The third-order valence-electron chi connectivity index (χ3n) is 10.6. The van der Waals surface area contributed by atoms with Crippen LogP contribution in [0.5, 0.6) is 0 Å². The third-order valence-corrected chi connectivity index (χ3v) is 10.6. The molecule has 0 saturated heterocycles. The first-order valence-electron chi connectivity index (χ1n) is 13.0. The summed E-state index contributed by atoms with van der Waals surface area (Å²) in [5.41, 5.74) is 1.31. The van der Waals surface area contributed by atoms with Crippen molar-refractivity contribution in [3.8, 4) is 0 Å². The van der Waals surface area contributed by atoms with Crippen molar-refractivity contribution < 1.29 is 19.4 Å². The van der Waals surface area contributed by atoms with Crippen LogP contribution in [0.3, 0.4) is 0 Å². The number of carbonyl (C=O) groups is 1. The summed E-state index contributed by atoms with van der Waals surface area (Å²) >= 11 is 0. The molecule has 0 aliphatic heterocycles. The second-order valence-corrected chi connectivity index (χ2v) is 11.8. The molecule has 31 heavy (non-hydrogen) atoms. The molecule has 5 aliphatic carbocycles. The SMILES string of the molecule is COC1(OC2CC[C@H]3[C@@H]4CC(C)C5=CC(=O)CC[C@]5(CO)[C@@H]4CC[C@]23C)CCCCC1.